The average Bonchev–Trinajstić information content (AvgIpc) is 2.94. The standard InChI is InChI=1S/C13H23N5O2S/c1-3-18-8-4-5-11(18)10-17(2)21(19,20)12-6-7-15-13(9-12)16-14/h6-7,9,11H,3-5,8,10,14H2,1-2H3,(H,15,16). The largest absolute Gasteiger partial charge is 0.308 e. The SMILES string of the molecule is CCN1CCCC1CN(C)S(=O)(=O)c1ccnc(NN)c1. The van der Waals surface area contributed by atoms with Crippen LogP contribution in [0.1, 0.15) is 19.8 Å². The van der Waals surface area contributed by atoms with Gasteiger partial charge in [-0.2, -0.15) is 4.31 Å². The van der Waals surface area contributed by atoms with E-state index in [1.807, 2.05) is 0 Å². The molecule has 0 spiro atoms. The molecule has 0 amide bonds. The highest BCUT2D eigenvalue weighted by Gasteiger charge is 2.29. The molecule has 8 heteroatoms. The first-order valence-electron chi connectivity index (χ1n) is 7.12. The molecule has 0 radical (unpaired) electrons. The number of nitrogen functional groups attached to an aromatic ring is 1. The third kappa shape index (κ3) is 3.52. The van der Waals surface area contributed by atoms with E-state index in [0.29, 0.717) is 18.4 Å². The first kappa shape index (κ1) is 16.2. The fraction of sp³-hybridized carbons (Fsp3) is 0.615. The Morgan fingerprint density at radius 1 is 1.57 bits per heavy atom. The van der Waals surface area contributed by atoms with Crippen LogP contribution in [0.3, 0.4) is 0 Å². The van der Waals surface area contributed by atoms with E-state index in [2.05, 4.69) is 22.2 Å². The summed E-state index contributed by atoms with van der Waals surface area (Å²) in [5.74, 6) is 5.61. The zero-order valence-electron chi connectivity index (χ0n) is 12.5. The van der Waals surface area contributed by atoms with Gasteiger partial charge >= 0.3 is 0 Å². The number of rotatable bonds is 6. The summed E-state index contributed by atoms with van der Waals surface area (Å²) in [5, 5.41) is 0. The highest BCUT2D eigenvalue weighted by molar-refractivity contribution is 7.89. The molecular formula is C13H23N5O2S. The van der Waals surface area contributed by atoms with Crippen LogP contribution in [0, 0.1) is 0 Å². The number of hydrogen-bond acceptors (Lipinski definition) is 6. The lowest BCUT2D eigenvalue weighted by atomic mass is 10.2. The Morgan fingerprint density at radius 2 is 2.33 bits per heavy atom. The second-order valence-electron chi connectivity index (χ2n) is 5.23. The van der Waals surface area contributed by atoms with Gasteiger partial charge in [-0.05, 0) is 32.0 Å². The number of nitrogens with two attached hydrogens (primary N) is 1. The summed E-state index contributed by atoms with van der Waals surface area (Å²) in [6.45, 7) is 4.61. The van der Waals surface area contributed by atoms with E-state index in [1.165, 1.54) is 22.6 Å². The van der Waals surface area contributed by atoms with E-state index in [4.69, 9.17) is 5.84 Å². The van der Waals surface area contributed by atoms with Crippen LogP contribution in [0.15, 0.2) is 23.2 Å². The minimum absolute atomic E-state index is 0.203. The lowest BCUT2D eigenvalue weighted by molar-refractivity contribution is 0.237. The highest BCUT2D eigenvalue weighted by Crippen LogP contribution is 2.21. The fourth-order valence-corrected chi connectivity index (χ4v) is 3.97. The number of aromatic nitrogens is 1. The third-order valence-corrected chi connectivity index (χ3v) is 5.78. The van der Waals surface area contributed by atoms with Crippen LogP contribution in [0.2, 0.25) is 0 Å². The summed E-state index contributed by atoms with van der Waals surface area (Å²) >= 11 is 0. The fourth-order valence-electron chi connectivity index (χ4n) is 2.74. The van der Waals surface area contributed by atoms with Gasteiger partial charge in [0, 0.05) is 31.9 Å². The predicted molar refractivity (Wildman–Crippen MR) is 82.1 cm³/mol. The molecule has 2 heterocycles. The van der Waals surface area contributed by atoms with Gasteiger partial charge in [-0.1, -0.05) is 6.92 Å². The number of hydrogen-bond donors (Lipinski definition) is 2. The van der Waals surface area contributed by atoms with Gasteiger partial charge in [-0.3, -0.25) is 4.90 Å². The molecule has 1 unspecified atom stereocenters. The molecule has 21 heavy (non-hydrogen) atoms. The summed E-state index contributed by atoms with van der Waals surface area (Å²) in [4.78, 5) is 6.46. The molecule has 0 aliphatic carbocycles. The van der Waals surface area contributed by atoms with Gasteiger partial charge in [-0.25, -0.2) is 19.2 Å². The Balaban J connectivity index is 2.14. The first-order valence-corrected chi connectivity index (χ1v) is 8.56. The maximum atomic E-state index is 12.6. The Kier molecular flexibility index (Phi) is 5.15. The van der Waals surface area contributed by atoms with Crippen molar-refractivity contribution in [3.05, 3.63) is 18.3 Å². The summed E-state index contributed by atoms with van der Waals surface area (Å²) in [5.41, 5.74) is 2.37. The predicted octanol–water partition coefficient (Wildman–Crippen LogP) is 0.472. The summed E-state index contributed by atoms with van der Waals surface area (Å²) in [6, 6.07) is 3.22. The van der Waals surface area contributed by atoms with E-state index in [0.717, 1.165) is 25.9 Å². The second kappa shape index (κ2) is 6.69. The molecular weight excluding hydrogens is 290 g/mol. The molecule has 0 bridgehead atoms. The number of anilines is 1. The van der Waals surface area contributed by atoms with Crippen molar-refractivity contribution in [3.8, 4) is 0 Å². The molecule has 0 saturated carbocycles. The molecule has 1 saturated heterocycles. The third-order valence-electron chi connectivity index (χ3n) is 3.96. The Hall–Kier alpha value is -1.22. The Morgan fingerprint density at radius 3 is 3.00 bits per heavy atom. The smallest absolute Gasteiger partial charge is 0.243 e. The van der Waals surface area contributed by atoms with Gasteiger partial charge in [0.05, 0.1) is 4.90 Å². The van der Waals surface area contributed by atoms with Crippen LogP contribution in [-0.4, -0.2) is 55.3 Å². The maximum Gasteiger partial charge on any atom is 0.243 e. The van der Waals surface area contributed by atoms with Gasteiger partial charge in [0.2, 0.25) is 10.0 Å². The van der Waals surface area contributed by atoms with Crippen molar-refractivity contribution >= 4 is 15.8 Å². The van der Waals surface area contributed by atoms with Crippen molar-refractivity contribution in [1.29, 1.82) is 0 Å². The number of nitrogens with zero attached hydrogens (tertiary/aromatic N) is 3. The van der Waals surface area contributed by atoms with Crippen molar-refractivity contribution in [2.75, 3.05) is 32.1 Å². The molecule has 7 nitrogen and oxygen atoms in total. The van der Waals surface area contributed by atoms with Crippen molar-refractivity contribution in [2.45, 2.75) is 30.7 Å². The number of sulfonamides is 1. The highest BCUT2D eigenvalue weighted by atomic mass is 32.2. The van der Waals surface area contributed by atoms with Crippen LogP contribution in [0.5, 0.6) is 0 Å². The summed E-state index contributed by atoms with van der Waals surface area (Å²) in [7, 11) is -1.90. The van der Waals surface area contributed by atoms with Gasteiger partial charge < -0.3 is 5.43 Å². The van der Waals surface area contributed by atoms with Crippen LogP contribution >= 0.6 is 0 Å². The number of nitrogens with one attached hydrogen (secondary N) is 1. The molecule has 1 aromatic heterocycles. The molecule has 1 aliphatic heterocycles. The molecule has 3 N–H and O–H groups in total. The van der Waals surface area contributed by atoms with Crippen molar-refractivity contribution in [3.63, 3.8) is 0 Å². The van der Waals surface area contributed by atoms with Gasteiger partial charge in [0.1, 0.15) is 5.82 Å². The van der Waals surface area contributed by atoms with Gasteiger partial charge in [0.25, 0.3) is 0 Å². The second-order valence-corrected chi connectivity index (χ2v) is 7.28. The van der Waals surface area contributed by atoms with Gasteiger partial charge in [-0.15, -0.1) is 0 Å². The monoisotopic (exact) mass is 313 g/mol. The average molecular weight is 313 g/mol. The number of hydrazine groups is 1. The minimum atomic E-state index is -3.52. The molecule has 118 valence electrons. The molecule has 1 aromatic rings. The molecule has 0 aromatic carbocycles. The molecule has 1 atom stereocenters. The van der Waals surface area contributed by atoms with E-state index in [9.17, 15) is 8.42 Å². The van der Waals surface area contributed by atoms with E-state index in [1.54, 1.807) is 7.05 Å². The summed E-state index contributed by atoms with van der Waals surface area (Å²) in [6.07, 6.45) is 3.60. The number of likely N-dealkylation sites (tertiary alicyclic amines) is 1. The lowest BCUT2D eigenvalue weighted by Gasteiger charge is -2.27. The molecule has 1 fully saturated rings. The first-order chi connectivity index (χ1) is 9.98. The number of pyridine rings is 1. The van der Waals surface area contributed by atoms with Crippen LogP contribution in [-0.2, 0) is 10.0 Å². The van der Waals surface area contributed by atoms with Crippen LogP contribution in [0.25, 0.3) is 0 Å². The van der Waals surface area contributed by atoms with Crippen molar-refractivity contribution in [2.24, 2.45) is 5.84 Å². The molecule has 1 aliphatic rings. The van der Waals surface area contributed by atoms with E-state index >= 15 is 0 Å². The summed E-state index contributed by atoms with van der Waals surface area (Å²) < 4.78 is 26.6. The zero-order valence-corrected chi connectivity index (χ0v) is 13.3. The topological polar surface area (TPSA) is 91.6 Å². The normalized spacial score (nSPS) is 20.1. The Bertz CT molecular complexity index is 578. The zero-order chi connectivity index (χ0) is 15.5. The quantitative estimate of drug-likeness (QED) is 0.586. The van der Waals surface area contributed by atoms with Crippen molar-refractivity contribution < 1.29 is 8.42 Å². The van der Waals surface area contributed by atoms with Crippen LogP contribution in [0.4, 0.5) is 5.82 Å². The van der Waals surface area contributed by atoms with Crippen molar-refractivity contribution in [1.82, 2.24) is 14.2 Å². The maximum absolute atomic E-state index is 12.6. The van der Waals surface area contributed by atoms with E-state index < -0.39 is 10.0 Å². The van der Waals surface area contributed by atoms with E-state index in [-0.39, 0.29) is 4.90 Å². The lowest BCUT2D eigenvalue weighted by Crippen LogP contribution is -2.41. The minimum Gasteiger partial charge on any atom is -0.308 e. The number of likely N-dealkylation sites (N-methyl/N-ethyl adjacent to an activating group) is 2. The Labute approximate surface area is 126 Å². The van der Waals surface area contributed by atoms with Gasteiger partial charge in [0.15, 0.2) is 0 Å². The molecule has 2 rings (SSSR count). The van der Waals surface area contributed by atoms with Crippen LogP contribution < -0.4 is 11.3 Å².